The zero-order valence-corrected chi connectivity index (χ0v) is 13.5. The number of nitrogens with one attached hydrogen (secondary N) is 1. The summed E-state index contributed by atoms with van der Waals surface area (Å²) in [5, 5.41) is 3.28. The van der Waals surface area contributed by atoms with E-state index in [2.05, 4.69) is 5.32 Å². The second-order valence-corrected chi connectivity index (χ2v) is 7.69. The maximum atomic E-state index is 12.6. The van der Waals surface area contributed by atoms with Crippen molar-refractivity contribution in [2.24, 2.45) is 17.6 Å². The van der Waals surface area contributed by atoms with E-state index in [9.17, 15) is 4.79 Å². The van der Waals surface area contributed by atoms with Gasteiger partial charge < -0.3 is 15.8 Å². The summed E-state index contributed by atoms with van der Waals surface area (Å²) in [6.45, 7) is 2.00. The lowest BCUT2D eigenvalue weighted by molar-refractivity contribution is 0.0757. The summed E-state index contributed by atoms with van der Waals surface area (Å²) >= 11 is 1.50. The molecule has 0 aliphatic heterocycles. The van der Waals surface area contributed by atoms with Crippen molar-refractivity contribution < 1.29 is 9.53 Å². The summed E-state index contributed by atoms with van der Waals surface area (Å²) in [6.07, 6.45) is 5.74. The monoisotopic (exact) mass is 308 g/mol. The number of methoxy groups -OCH3 is 1. The van der Waals surface area contributed by atoms with Crippen LogP contribution in [0.4, 0.5) is 0 Å². The van der Waals surface area contributed by atoms with Crippen molar-refractivity contribution in [3.05, 3.63) is 15.8 Å². The van der Waals surface area contributed by atoms with E-state index < -0.39 is 0 Å². The van der Waals surface area contributed by atoms with Gasteiger partial charge in [-0.3, -0.25) is 4.79 Å². The summed E-state index contributed by atoms with van der Waals surface area (Å²) in [6, 6.07) is 2.53. The van der Waals surface area contributed by atoms with Gasteiger partial charge in [-0.15, -0.1) is 11.3 Å². The molecule has 2 aliphatic rings. The van der Waals surface area contributed by atoms with Gasteiger partial charge >= 0.3 is 0 Å². The van der Waals surface area contributed by atoms with Gasteiger partial charge in [-0.1, -0.05) is 6.42 Å². The zero-order chi connectivity index (χ0) is 15.0. The molecule has 1 aromatic heterocycles. The Balaban J connectivity index is 1.75. The summed E-state index contributed by atoms with van der Waals surface area (Å²) in [5.74, 6) is 1.79. The number of ether oxygens (including phenoxy) is 1. The molecule has 2 unspecified atom stereocenters. The van der Waals surface area contributed by atoms with Gasteiger partial charge in [0.1, 0.15) is 10.6 Å². The van der Waals surface area contributed by atoms with Gasteiger partial charge in [-0.25, -0.2) is 0 Å². The quantitative estimate of drug-likeness (QED) is 0.902. The normalized spacial score (nSPS) is 31.8. The number of amides is 1. The Labute approximate surface area is 130 Å². The van der Waals surface area contributed by atoms with Gasteiger partial charge in [0.05, 0.1) is 7.11 Å². The molecule has 21 heavy (non-hydrogen) atoms. The summed E-state index contributed by atoms with van der Waals surface area (Å²) in [4.78, 5) is 14.4. The number of nitrogens with two attached hydrogens (primary N) is 1. The van der Waals surface area contributed by atoms with Gasteiger partial charge in [0.15, 0.2) is 0 Å². The SMILES string of the molecule is COc1cc(C)sc1C(=O)NC1C2CCCC1CC(N)C2. The Morgan fingerprint density at radius 3 is 2.67 bits per heavy atom. The van der Waals surface area contributed by atoms with E-state index in [0.717, 1.165) is 17.7 Å². The van der Waals surface area contributed by atoms with Crippen molar-refractivity contribution in [2.75, 3.05) is 7.11 Å². The molecular formula is C16H24N2O2S. The van der Waals surface area contributed by atoms with Crippen LogP contribution >= 0.6 is 11.3 Å². The minimum atomic E-state index is 0.0160. The van der Waals surface area contributed by atoms with Gasteiger partial charge in [-0.2, -0.15) is 0 Å². The van der Waals surface area contributed by atoms with Gasteiger partial charge in [0, 0.05) is 17.0 Å². The molecule has 1 aromatic rings. The fraction of sp³-hybridized carbons (Fsp3) is 0.688. The molecule has 3 N–H and O–H groups in total. The first kappa shape index (κ1) is 14.9. The highest BCUT2D eigenvalue weighted by Crippen LogP contribution is 2.40. The Morgan fingerprint density at radius 2 is 2.05 bits per heavy atom. The average Bonchev–Trinajstić information content (AvgIpc) is 2.81. The summed E-state index contributed by atoms with van der Waals surface area (Å²) in [7, 11) is 1.62. The first-order valence-corrected chi connectivity index (χ1v) is 8.61. The maximum absolute atomic E-state index is 12.6. The van der Waals surface area contributed by atoms with Crippen molar-refractivity contribution in [1.29, 1.82) is 0 Å². The molecule has 116 valence electrons. The van der Waals surface area contributed by atoms with Crippen LogP contribution in [0.2, 0.25) is 0 Å². The second-order valence-electron chi connectivity index (χ2n) is 6.44. The molecule has 2 atom stereocenters. The molecule has 0 aromatic carbocycles. The third-order valence-corrected chi connectivity index (χ3v) is 5.95. The summed E-state index contributed by atoms with van der Waals surface area (Å²) in [5.41, 5.74) is 6.15. The van der Waals surface area contributed by atoms with Crippen LogP contribution in [0, 0.1) is 18.8 Å². The Morgan fingerprint density at radius 1 is 1.38 bits per heavy atom. The number of fused-ring (bicyclic) bond motifs is 2. The third-order valence-electron chi connectivity index (χ3n) is 4.92. The van der Waals surface area contributed by atoms with Crippen molar-refractivity contribution in [1.82, 2.24) is 5.32 Å². The molecule has 4 nitrogen and oxygen atoms in total. The van der Waals surface area contributed by atoms with Crippen molar-refractivity contribution in [3.8, 4) is 5.75 Å². The molecule has 2 fully saturated rings. The van der Waals surface area contributed by atoms with Crippen LogP contribution < -0.4 is 15.8 Å². The van der Waals surface area contributed by atoms with Crippen LogP contribution in [0.5, 0.6) is 5.75 Å². The Kier molecular flexibility index (Phi) is 4.22. The standard InChI is InChI=1S/C16H24N2O2S/c1-9-6-13(20-2)15(21-9)16(19)18-14-10-4-3-5-11(14)8-12(17)7-10/h6,10-12,14H,3-5,7-8,17H2,1-2H3,(H,18,19). The minimum Gasteiger partial charge on any atom is -0.495 e. The van der Waals surface area contributed by atoms with Crippen LogP contribution in [-0.2, 0) is 0 Å². The number of aryl methyl sites for hydroxylation is 1. The highest BCUT2D eigenvalue weighted by atomic mass is 32.1. The molecule has 3 rings (SSSR count). The Bertz CT molecular complexity index is 514. The zero-order valence-electron chi connectivity index (χ0n) is 12.7. The van der Waals surface area contributed by atoms with Crippen LogP contribution in [0.15, 0.2) is 6.07 Å². The first-order valence-electron chi connectivity index (χ1n) is 7.79. The number of thiophene rings is 1. The van der Waals surface area contributed by atoms with Gasteiger partial charge in [-0.05, 0) is 50.5 Å². The average molecular weight is 308 g/mol. The molecule has 0 radical (unpaired) electrons. The van der Waals surface area contributed by atoms with Crippen molar-refractivity contribution >= 4 is 17.2 Å². The molecule has 1 heterocycles. The molecule has 2 saturated carbocycles. The fourth-order valence-corrected chi connectivity index (χ4v) is 4.92. The van der Waals surface area contributed by atoms with E-state index in [4.69, 9.17) is 10.5 Å². The third kappa shape index (κ3) is 2.94. The van der Waals surface area contributed by atoms with Crippen LogP contribution in [-0.4, -0.2) is 25.1 Å². The van der Waals surface area contributed by atoms with Crippen LogP contribution in [0.1, 0.15) is 46.7 Å². The van der Waals surface area contributed by atoms with E-state index in [1.807, 2.05) is 13.0 Å². The number of hydrogen-bond acceptors (Lipinski definition) is 4. The smallest absolute Gasteiger partial charge is 0.265 e. The first-order chi connectivity index (χ1) is 10.1. The van der Waals surface area contributed by atoms with Crippen LogP contribution in [0.3, 0.4) is 0 Å². The summed E-state index contributed by atoms with van der Waals surface area (Å²) < 4.78 is 5.32. The highest BCUT2D eigenvalue weighted by Gasteiger charge is 2.40. The molecule has 1 amide bonds. The highest BCUT2D eigenvalue weighted by molar-refractivity contribution is 7.14. The lowest BCUT2D eigenvalue weighted by atomic mass is 9.67. The lowest BCUT2D eigenvalue weighted by Crippen LogP contribution is -2.53. The fourth-order valence-electron chi connectivity index (χ4n) is 4.04. The van der Waals surface area contributed by atoms with E-state index in [0.29, 0.717) is 28.5 Å². The Hall–Kier alpha value is -1.07. The van der Waals surface area contributed by atoms with E-state index in [1.165, 1.54) is 30.6 Å². The van der Waals surface area contributed by atoms with Gasteiger partial charge in [0.25, 0.3) is 5.91 Å². The molecule has 5 heteroatoms. The van der Waals surface area contributed by atoms with Crippen LogP contribution in [0.25, 0.3) is 0 Å². The van der Waals surface area contributed by atoms with Crippen molar-refractivity contribution in [3.63, 3.8) is 0 Å². The van der Waals surface area contributed by atoms with E-state index in [-0.39, 0.29) is 11.9 Å². The van der Waals surface area contributed by atoms with E-state index in [1.54, 1.807) is 7.11 Å². The maximum Gasteiger partial charge on any atom is 0.265 e. The largest absolute Gasteiger partial charge is 0.495 e. The predicted octanol–water partition coefficient (Wildman–Crippen LogP) is 2.70. The topological polar surface area (TPSA) is 64.3 Å². The predicted molar refractivity (Wildman–Crippen MR) is 84.9 cm³/mol. The molecule has 0 saturated heterocycles. The second kappa shape index (κ2) is 5.97. The minimum absolute atomic E-state index is 0.0160. The number of carbonyl (C=O) groups excluding carboxylic acids is 1. The molecular weight excluding hydrogens is 284 g/mol. The molecule has 2 bridgehead atoms. The molecule has 0 spiro atoms. The van der Waals surface area contributed by atoms with Gasteiger partial charge in [0.2, 0.25) is 0 Å². The number of hydrogen-bond donors (Lipinski definition) is 2. The van der Waals surface area contributed by atoms with E-state index >= 15 is 0 Å². The van der Waals surface area contributed by atoms with Crippen molar-refractivity contribution in [2.45, 2.75) is 51.1 Å². The molecule has 2 aliphatic carbocycles. The number of carbonyl (C=O) groups is 1. The number of rotatable bonds is 3. The lowest BCUT2D eigenvalue weighted by Gasteiger charge is -2.45.